The zero-order valence-electron chi connectivity index (χ0n) is 11.5. The van der Waals surface area contributed by atoms with Crippen LogP contribution in [0, 0.1) is 6.92 Å². The second-order valence-corrected chi connectivity index (χ2v) is 6.72. The van der Waals surface area contributed by atoms with Crippen LogP contribution in [0.5, 0.6) is 0 Å². The standard InChI is InChI=1S/C15H19BrN2OS/c1-10-9-11(5-6-12(10)16)13(19)18-15(14(17)20)7-3-2-4-8-15/h5-6,9H,2-4,7-8H2,1H3,(H2,17,20)(H,18,19). The number of rotatable bonds is 3. The molecule has 0 atom stereocenters. The first-order chi connectivity index (χ1) is 9.44. The van der Waals surface area contributed by atoms with Crippen molar-refractivity contribution in [1.29, 1.82) is 0 Å². The van der Waals surface area contributed by atoms with E-state index in [9.17, 15) is 4.79 Å². The lowest BCUT2D eigenvalue weighted by Gasteiger charge is -2.37. The van der Waals surface area contributed by atoms with E-state index >= 15 is 0 Å². The molecular formula is C15H19BrN2OS. The van der Waals surface area contributed by atoms with Gasteiger partial charge in [0, 0.05) is 10.0 Å². The second-order valence-electron chi connectivity index (χ2n) is 5.43. The Kier molecular flexibility index (Phi) is 4.81. The van der Waals surface area contributed by atoms with Gasteiger partial charge < -0.3 is 11.1 Å². The van der Waals surface area contributed by atoms with Crippen LogP contribution in [0.15, 0.2) is 22.7 Å². The Morgan fingerprint density at radius 1 is 1.35 bits per heavy atom. The molecule has 1 aliphatic carbocycles. The van der Waals surface area contributed by atoms with Gasteiger partial charge in [-0.1, -0.05) is 47.4 Å². The molecule has 1 aromatic carbocycles. The molecule has 3 nitrogen and oxygen atoms in total. The van der Waals surface area contributed by atoms with Gasteiger partial charge in [0.25, 0.3) is 5.91 Å². The van der Waals surface area contributed by atoms with Gasteiger partial charge in [-0.25, -0.2) is 0 Å². The molecule has 2 rings (SSSR count). The topological polar surface area (TPSA) is 55.1 Å². The Hall–Kier alpha value is -0.940. The Morgan fingerprint density at radius 2 is 2.00 bits per heavy atom. The van der Waals surface area contributed by atoms with Gasteiger partial charge in [0.05, 0.1) is 10.5 Å². The van der Waals surface area contributed by atoms with Gasteiger partial charge in [-0.15, -0.1) is 0 Å². The maximum Gasteiger partial charge on any atom is 0.252 e. The Morgan fingerprint density at radius 3 is 2.55 bits per heavy atom. The van der Waals surface area contributed by atoms with Crippen molar-refractivity contribution >= 4 is 39.0 Å². The molecule has 0 heterocycles. The maximum atomic E-state index is 12.4. The lowest BCUT2D eigenvalue weighted by molar-refractivity contribution is 0.0908. The van der Waals surface area contributed by atoms with E-state index < -0.39 is 5.54 Å². The number of carbonyl (C=O) groups excluding carboxylic acids is 1. The number of nitrogens with one attached hydrogen (secondary N) is 1. The van der Waals surface area contributed by atoms with Gasteiger partial charge in [-0.2, -0.15) is 0 Å². The first-order valence-corrected chi connectivity index (χ1v) is 8.03. The van der Waals surface area contributed by atoms with Gasteiger partial charge in [0.15, 0.2) is 0 Å². The third-order valence-electron chi connectivity index (χ3n) is 3.95. The van der Waals surface area contributed by atoms with E-state index in [1.807, 2.05) is 25.1 Å². The van der Waals surface area contributed by atoms with Gasteiger partial charge in [-0.3, -0.25) is 4.79 Å². The van der Waals surface area contributed by atoms with Crippen LogP contribution in [0.25, 0.3) is 0 Å². The number of carbonyl (C=O) groups is 1. The summed E-state index contributed by atoms with van der Waals surface area (Å²) in [5, 5.41) is 3.07. The minimum atomic E-state index is -0.508. The lowest BCUT2D eigenvalue weighted by atomic mass is 9.81. The quantitative estimate of drug-likeness (QED) is 0.817. The number of hydrogen-bond donors (Lipinski definition) is 2. The molecule has 0 aliphatic heterocycles. The number of halogens is 1. The zero-order valence-corrected chi connectivity index (χ0v) is 13.9. The molecule has 1 fully saturated rings. The predicted molar refractivity (Wildman–Crippen MR) is 88.9 cm³/mol. The van der Waals surface area contributed by atoms with Gasteiger partial charge in [0.1, 0.15) is 0 Å². The van der Waals surface area contributed by atoms with E-state index in [4.69, 9.17) is 18.0 Å². The van der Waals surface area contributed by atoms with Gasteiger partial charge >= 0.3 is 0 Å². The molecule has 1 saturated carbocycles. The van der Waals surface area contributed by atoms with Crippen molar-refractivity contribution < 1.29 is 4.79 Å². The van der Waals surface area contributed by atoms with Crippen LogP contribution in [-0.2, 0) is 0 Å². The average Bonchev–Trinajstić information content (AvgIpc) is 2.42. The first-order valence-electron chi connectivity index (χ1n) is 6.83. The number of benzene rings is 1. The van der Waals surface area contributed by atoms with Crippen molar-refractivity contribution in [3.8, 4) is 0 Å². The van der Waals surface area contributed by atoms with E-state index in [0.29, 0.717) is 10.6 Å². The van der Waals surface area contributed by atoms with E-state index in [-0.39, 0.29) is 5.91 Å². The predicted octanol–water partition coefficient (Wildman–Crippen LogP) is 3.48. The third kappa shape index (κ3) is 3.20. The largest absolute Gasteiger partial charge is 0.391 e. The van der Waals surface area contributed by atoms with Crippen LogP contribution in [0.2, 0.25) is 0 Å². The second kappa shape index (κ2) is 6.22. The summed E-state index contributed by atoms with van der Waals surface area (Å²) in [7, 11) is 0. The fourth-order valence-corrected chi connectivity index (χ4v) is 3.17. The highest BCUT2D eigenvalue weighted by Gasteiger charge is 2.36. The summed E-state index contributed by atoms with van der Waals surface area (Å²) in [6.45, 7) is 1.96. The highest BCUT2D eigenvalue weighted by Crippen LogP contribution is 2.29. The first kappa shape index (κ1) is 15.4. The van der Waals surface area contributed by atoms with E-state index in [2.05, 4.69) is 21.2 Å². The molecule has 108 valence electrons. The lowest BCUT2D eigenvalue weighted by Crippen LogP contribution is -2.57. The molecule has 0 aromatic heterocycles. The molecule has 0 saturated heterocycles. The summed E-state index contributed by atoms with van der Waals surface area (Å²) in [5.74, 6) is -0.102. The Labute approximate surface area is 133 Å². The molecule has 1 aromatic rings. The van der Waals surface area contributed by atoms with Crippen LogP contribution >= 0.6 is 28.1 Å². The highest BCUT2D eigenvalue weighted by molar-refractivity contribution is 9.10. The Bertz CT molecular complexity index is 539. The summed E-state index contributed by atoms with van der Waals surface area (Å²) in [6, 6.07) is 5.57. The molecular weight excluding hydrogens is 336 g/mol. The van der Waals surface area contributed by atoms with Crippen LogP contribution < -0.4 is 11.1 Å². The van der Waals surface area contributed by atoms with Crippen LogP contribution in [0.4, 0.5) is 0 Å². The van der Waals surface area contributed by atoms with Crippen molar-refractivity contribution in [3.63, 3.8) is 0 Å². The number of aryl methyl sites for hydroxylation is 1. The highest BCUT2D eigenvalue weighted by atomic mass is 79.9. The zero-order chi connectivity index (χ0) is 14.8. The van der Waals surface area contributed by atoms with Gasteiger partial charge in [0.2, 0.25) is 0 Å². The number of thiocarbonyl (C=S) groups is 1. The van der Waals surface area contributed by atoms with Crippen molar-refractivity contribution in [2.75, 3.05) is 0 Å². The van der Waals surface area contributed by atoms with Gasteiger partial charge in [-0.05, 0) is 43.5 Å². The van der Waals surface area contributed by atoms with E-state index in [0.717, 1.165) is 35.7 Å². The normalized spacial score (nSPS) is 17.5. The minimum absolute atomic E-state index is 0.102. The fourth-order valence-electron chi connectivity index (χ4n) is 2.66. The van der Waals surface area contributed by atoms with Crippen molar-refractivity contribution in [2.24, 2.45) is 5.73 Å². The number of amides is 1. The number of nitrogens with two attached hydrogens (primary N) is 1. The molecule has 20 heavy (non-hydrogen) atoms. The molecule has 1 aliphatic rings. The smallest absolute Gasteiger partial charge is 0.252 e. The molecule has 0 spiro atoms. The fraction of sp³-hybridized carbons (Fsp3) is 0.467. The van der Waals surface area contributed by atoms with E-state index in [1.165, 1.54) is 6.42 Å². The molecule has 3 N–H and O–H groups in total. The minimum Gasteiger partial charge on any atom is -0.391 e. The molecule has 0 radical (unpaired) electrons. The molecule has 1 amide bonds. The maximum absolute atomic E-state index is 12.4. The average molecular weight is 355 g/mol. The summed E-state index contributed by atoms with van der Waals surface area (Å²) in [6.07, 6.45) is 4.96. The van der Waals surface area contributed by atoms with Crippen LogP contribution in [0.3, 0.4) is 0 Å². The Balaban J connectivity index is 2.20. The summed E-state index contributed by atoms with van der Waals surface area (Å²) >= 11 is 8.64. The summed E-state index contributed by atoms with van der Waals surface area (Å²) in [5.41, 5.74) is 7.06. The monoisotopic (exact) mass is 354 g/mol. The molecule has 5 heteroatoms. The van der Waals surface area contributed by atoms with Crippen molar-refractivity contribution in [1.82, 2.24) is 5.32 Å². The van der Waals surface area contributed by atoms with E-state index in [1.54, 1.807) is 0 Å². The van der Waals surface area contributed by atoms with Crippen molar-refractivity contribution in [2.45, 2.75) is 44.6 Å². The molecule has 0 unspecified atom stereocenters. The van der Waals surface area contributed by atoms with Crippen LogP contribution in [-0.4, -0.2) is 16.4 Å². The number of hydrogen-bond acceptors (Lipinski definition) is 2. The summed E-state index contributed by atoms with van der Waals surface area (Å²) < 4.78 is 0.996. The van der Waals surface area contributed by atoms with Crippen LogP contribution in [0.1, 0.15) is 48.0 Å². The SMILES string of the molecule is Cc1cc(C(=O)NC2(C(N)=S)CCCCC2)ccc1Br. The van der Waals surface area contributed by atoms with Crippen molar-refractivity contribution in [3.05, 3.63) is 33.8 Å². The summed E-state index contributed by atoms with van der Waals surface area (Å²) in [4.78, 5) is 12.8. The molecule has 0 bridgehead atoms. The third-order valence-corrected chi connectivity index (χ3v) is 5.23.